The van der Waals surface area contributed by atoms with Gasteiger partial charge in [0, 0.05) is 0 Å². The van der Waals surface area contributed by atoms with Gasteiger partial charge in [-0.2, -0.15) is 0 Å². The first-order valence-electron chi connectivity index (χ1n) is 5.30. The van der Waals surface area contributed by atoms with E-state index in [9.17, 15) is 0 Å². The molecule has 17 heavy (non-hydrogen) atoms. The van der Waals surface area contributed by atoms with Crippen LogP contribution in [-0.4, -0.2) is 10.4 Å². The summed E-state index contributed by atoms with van der Waals surface area (Å²) in [7, 11) is 0. The molecule has 0 aliphatic heterocycles. The molecule has 0 saturated heterocycles. The first kappa shape index (κ1) is 11.7. The van der Waals surface area contributed by atoms with Gasteiger partial charge in [0.05, 0.1) is 5.92 Å². The summed E-state index contributed by atoms with van der Waals surface area (Å²) in [4.78, 5) is 0. The number of benzene rings is 2. The van der Waals surface area contributed by atoms with Crippen LogP contribution in [-0.2, 0) is 0 Å². The smallest absolute Gasteiger partial charge is 0.157 e. The number of oxime groups is 1. The Labute approximate surface area is 105 Å². The number of rotatable bonds is 3. The van der Waals surface area contributed by atoms with Crippen LogP contribution < -0.4 is 0 Å². The van der Waals surface area contributed by atoms with Crippen molar-refractivity contribution in [2.45, 2.75) is 5.92 Å². The van der Waals surface area contributed by atoms with Crippen molar-refractivity contribution in [2.24, 2.45) is 5.16 Å². The van der Waals surface area contributed by atoms with E-state index in [0.29, 0.717) is 0 Å². The Morgan fingerprint density at radius 3 is 1.65 bits per heavy atom. The molecule has 0 fully saturated rings. The summed E-state index contributed by atoms with van der Waals surface area (Å²) in [6.45, 7) is 0. The van der Waals surface area contributed by atoms with Crippen molar-refractivity contribution in [1.29, 1.82) is 0 Å². The first-order valence-corrected chi connectivity index (χ1v) is 5.68. The highest BCUT2D eigenvalue weighted by Gasteiger charge is 2.19. The van der Waals surface area contributed by atoms with Crippen molar-refractivity contribution in [1.82, 2.24) is 0 Å². The Kier molecular flexibility index (Phi) is 3.78. The lowest BCUT2D eigenvalue weighted by atomic mass is 9.92. The van der Waals surface area contributed by atoms with Gasteiger partial charge in [0.1, 0.15) is 0 Å². The normalized spacial score (nSPS) is 11.8. The molecule has 2 aromatic carbocycles. The largest absolute Gasteiger partial charge is 0.410 e. The summed E-state index contributed by atoms with van der Waals surface area (Å²) in [5, 5.41) is 12.2. The molecule has 0 bridgehead atoms. The quantitative estimate of drug-likeness (QED) is 0.497. The SMILES string of the molecule is O/N=C(/Cl)C(c1ccccc1)c1ccccc1. The highest BCUT2D eigenvalue weighted by molar-refractivity contribution is 6.66. The van der Waals surface area contributed by atoms with E-state index >= 15 is 0 Å². The summed E-state index contributed by atoms with van der Waals surface area (Å²) in [5.41, 5.74) is 2.00. The van der Waals surface area contributed by atoms with Crippen molar-refractivity contribution < 1.29 is 5.21 Å². The minimum Gasteiger partial charge on any atom is -0.410 e. The third-order valence-corrected chi connectivity index (χ3v) is 2.89. The monoisotopic (exact) mass is 245 g/mol. The summed E-state index contributed by atoms with van der Waals surface area (Å²) < 4.78 is 0. The molecule has 86 valence electrons. The van der Waals surface area contributed by atoms with Crippen molar-refractivity contribution in [2.75, 3.05) is 0 Å². The Morgan fingerprint density at radius 2 is 1.29 bits per heavy atom. The van der Waals surface area contributed by atoms with Crippen LogP contribution in [0.25, 0.3) is 0 Å². The van der Waals surface area contributed by atoms with Gasteiger partial charge in [0.15, 0.2) is 5.17 Å². The van der Waals surface area contributed by atoms with Gasteiger partial charge >= 0.3 is 0 Å². The second kappa shape index (κ2) is 5.51. The van der Waals surface area contributed by atoms with Gasteiger partial charge < -0.3 is 5.21 Å². The summed E-state index contributed by atoms with van der Waals surface area (Å²) in [6, 6.07) is 19.5. The Bertz CT molecular complexity index is 457. The molecule has 0 heterocycles. The van der Waals surface area contributed by atoms with Gasteiger partial charge in [-0.05, 0) is 11.1 Å². The van der Waals surface area contributed by atoms with Crippen LogP contribution in [0.15, 0.2) is 65.8 Å². The number of hydrogen-bond acceptors (Lipinski definition) is 2. The molecule has 3 heteroatoms. The minimum atomic E-state index is -0.218. The molecule has 2 aromatic rings. The van der Waals surface area contributed by atoms with Crippen molar-refractivity contribution >= 4 is 16.8 Å². The molecule has 0 saturated carbocycles. The van der Waals surface area contributed by atoms with Crippen LogP contribution in [0, 0.1) is 0 Å². The highest BCUT2D eigenvalue weighted by atomic mass is 35.5. The molecule has 0 amide bonds. The lowest BCUT2D eigenvalue weighted by Gasteiger charge is -2.15. The van der Waals surface area contributed by atoms with Crippen molar-refractivity contribution in [3.63, 3.8) is 0 Å². The fourth-order valence-electron chi connectivity index (χ4n) is 1.82. The predicted molar refractivity (Wildman–Crippen MR) is 69.8 cm³/mol. The topological polar surface area (TPSA) is 32.6 Å². The van der Waals surface area contributed by atoms with Gasteiger partial charge in [-0.25, -0.2) is 0 Å². The number of nitrogens with zero attached hydrogens (tertiary/aromatic N) is 1. The maximum Gasteiger partial charge on any atom is 0.157 e. The summed E-state index contributed by atoms with van der Waals surface area (Å²) in [5.74, 6) is -0.218. The second-order valence-corrected chi connectivity index (χ2v) is 4.06. The number of hydrogen-bond donors (Lipinski definition) is 1. The van der Waals surface area contributed by atoms with Crippen LogP contribution in [0.3, 0.4) is 0 Å². The lowest BCUT2D eigenvalue weighted by molar-refractivity contribution is 0.319. The molecule has 0 aliphatic rings. The van der Waals surface area contributed by atoms with E-state index in [1.807, 2.05) is 60.7 Å². The maximum absolute atomic E-state index is 8.88. The van der Waals surface area contributed by atoms with Crippen LogP contribution in [0.2, 0.25) is 0 Å². The second-order valence-electron chi connectivity index (χ2n) is 3.68. The molecule has 1 N–H and O–H groups in total. The van der Waals surface area contributed by atoms with E-state index < -0.39 is 0 Å². The maximum atomic E-state index is 8.88. The molecule has 0 aliphatic carbocycles. The van der Waals surface area contributed by atoms with E-state index in [2.05, 4.69) is 5.16 Å². The Morgan fingerprint density at radius 1 is 0.882 bits per heavy atom. The molecule has 2 rings (SSSR count). The molecule has 0 unspecified atom stereocenters. The van der Waals surface area contributed by atoms with Gasteiger partial charge in [-0.15, -0.1) is 0 Å². The van der Waals surface area contributed by atoms with Gasteiger partial charge in [0.25, 0.3) is 0 Å². The zero-order valence-electron chi connectivity index (χ0n) is 9.12. The molecule has 2 nitrogen and oxygen atoms in total. The van der Waals surface area contributed by atoms with Crippen molar-refractivity contribution in [3.05, 3.63) is 71.8 Å². The highest BCUT2D eigenvalue weighted by Crippen LogP contribution is 2.27. The Hall–Kier alpha value is -1.80. The van der Waals surface area contributed by atoms with Crippen LogP contribution >= 0.6 is 11.6 Å². The fourth-order valence-corrected chi connectivity index (χ4v) is 2.07. The molecular formula is C14H12ClNO. The molecule has 0 aromatic heterocycles. The predicted octanol–water partition coefficient (Wildman–Crippen LogP) is 3.85. The van der Waals surface area contributed by atoms with E-state index in [1.165, 1.54) is 0 Å². The van der Waals surface area contributed by atoms with E-state index in [0.717, 1.165) is 11.1 Å². The zero-order chi connectivity index (χ0) is 12.1. The fraction of sp³-hybridized carbons (Fsp3) is 0.0714. The van der Waals surface area contributed by atoms with Gasteiger partial charge in [-0.1, -0.05) is 77.4 Å². The average Bonchev–Trinajstić information content (AvgIpc) is 2.41. The van der Waals surface area contributed by atoms with Crippen LogP contribution in [0.4, 0.5) is 0 Å². The van der Waals surface area contributed by atoms with Crippen LogP contribution in [0.5, 0.6) is 0 Å². The first-order chi connectivity index (χ1) is 8.33. The van der Waals surface area contributed by atoms with E-state index in [4.69, 9.17) is 16.8 Å². The standard InChI is InChI=1S/C14H12ClNO/c15-14(16-17)13(11-7-3-1-4-8-11)12-9-5-2-6-10-12/h1-10,13,17H/b16-14+. The summed E-state index contributed by atoms with van der Waals surface area (Å²) >= 11 is 6.00. The zero-order valence-corrected chi connectivity index (χ0v) is 9.88. The Balaban J connectivity index is 2.47. The average molecular weight is 246 g/mol. The van der Waals surface area contributed by atoms with E-state index in [1.54, 1.807) is 0 Å². The van der Waals surface area contributed by atoms with Crippen LogP contribution in [0.1, 0.15) is 17.0 Å². The summed E-state index contributed by atoms with van der Waals surface area (Å²) in [6.07, 6.45) is 0. The molecule has 0 atom stereocenters. The third kappa shape index (κ3) is 2.66. The molecule has 0 spiro atoms. The van der Waals surface area contributed by atoms with Gasteiger partial charge in [0.2, 0.25) is 0 Å². The van der Waals surface area contributed by atoms with E-state index in [-0.39, 0.29) is 11.1 Å². The lowest BCUT2D eigenvalue weighted by Crippen LogP contribution is -2.08. The number of halogens is 1. The third-order valence-electron chi connectivity index (χ3n) is 2.60. The minimum absolute atomic E-state index is 0.169. The van der Waals surface area contributed by atoms with Gasteiger partial charge in [-0.3, -0.25) is 0 Å². The molecular weight excluding hydrogens is 234 g/mol. The molecule has 0 radical (unpaired) electrons. The van der Waals surface area contributed by atoms with Crippen molar-refractivity contribution in [3.8, 4) is 0 Å².